The summed E-state index contributed by atoms with van der Waals surface area (Å²) in [7, 11) is 0. The molecule has 7 nitrogen and oxygen atoms in total. The van der Waals surface area contributed by atoms with Crippen molar-refractivity contribution in [1.82, 2.24) is 0 Å². The lowest BCUT2D eigenvalue weighted by atomic mass is 9.69. The minimum absolute atomic E-state index is 0.0133. The van der Waals surface area contributed by atoms with E-state index >= 15 is 0 Å². The molecular weight excluding hydrogens is 923 g/mol. The van der Waals surface area contributed by atoms with Crippen LogP contribution in [0.25, 0.3) is 0 Å². The van der Waals surface area contributed by atoms with Crippen LogP contribution in [-0.2, 0) is 17.4 Å². The van der Waals surface area contributed by atoms with Gasteiger partial charge in [-0.25, -0.2) is 4.39 Å². The maximum Gasteiger partial charge on any atom is 0.123 e. The number of hydrogen-bond acceptors (Lipinski definition) is 7. The molecule has 4 atom stereocenters. The van der Waals surface area contributed by atoms with Crippen molar-refractivity contribution in [3.05, 3.63) is 99.8 Å². The molecule has 0 heterocycles. The maximum absolute atomic E-state index is 12.3. The van der Waals surface area contributed by atoms with Gasteiger partial charge in [-0.3, -0.25) is 0 Å². The van der Waals surface area contributed by atoms with Crippen molar-refractivity contribution < 1.29 is 9.13 Å². The highest BCUT2D eigenvalue weighted by Gasteiger charge is 2.60. The summed E-state index contributed by atoms with van der Waals surface area (Å²) >= 11 is 5.67. The second-order valence-electron chi connectivity index (χ2n) is 23.6. The molecule has 0 radical (unpaired) electrons. The maximum atomic E-state index is 12.3. The van der Waals surface area contributed by atoms with Crippen molar-refractivity contribution in [3.8, 4) is 5.75 Å². The molecule has 3 aliphatic rings. The normalized spacial score (nSPS) is 18.8. The molecule has 3 aliphatic carbocycles. The van der Waals surface area contributed by atoms with Crippen LogP contribution in [0.4, 0.5) is 4.39 Å². The zero-order chi connectivity index (χ0) is 54.9. The molecule has 9 heteroatoms. The molecule has 0 aromatic heterocycles. The number of nitrogens with two attached hydrogens (primary N) is 6. The van der Waals surface area contributed by atoms with Gasteiger partial charge in [0.2, 0.25) is 0 Å². The van der Waals surface area contributed by atoms with Gasteiger partial charge in [0.05, 0.1) is 6.61 Å². The highest BCUT2D eigenvalue weighted by atomic mass is 35.5. The van der Waals surface area contributed by atoms with Crippen LogP contribution < -0.4 is 39.1 Å². The molecule has 6 rings (SSSR count). The number of fused-ring (bicyclic) bond motifs is 2. The minimum Gasteiger partial charge on any atom is -0.493 e. The SMILES string of the molecule is CC(N)c1ccc(F)cc1.CC1(C)C2CC[C@@]1(C)C(N)C2.CCC(C)(C)c1ccc(OCCCCN)c(C(C)(C)CC)c1.CCCCCCCCCCCCCCCN.NCC1CC1.NCc1cccc(Cl)c1. The Morgan fingerprint density at radius 3 is 1.59 bits per heavy atom. The van der Waals surface area contributed by atoms with Gasteiger partial charge >= 0.3 is 0 Å². The van der Waals surface area contributed by atoms with E-state index in [1.54, 1.807) is 12.1 Å². The first-order chi connectivity index (χ1) is 34.6. The van der Waals surface area contributed by atoms with E-state index < -0.39 is 0 Å². The quantitative estimate of drug-likeness (QED) is 0.0460. The number of benzene rings is 3. The second-order valence-corrected chi connectivity index (χ2v) is 24.1. The van der Waals surface area contributed by atoms with Crippen molar-refractivity contribution in [3.63, 3.8) is 0 Å². The van der Waals surface area contributed by atoms with E-state index in [1.165, 1.54) is 139 Å². The third-order valence-corrected chi connectivity index (χ3v) is 17.1. The van der Waals surface area contributed by atoms with Crippen LogP contribution in [0.3, 0.4) is 0 Å². The Balaban J connectivity index is 0.000000460. The molecule has 12 N–H and O–H groups in total. The molecule has 2 bridgehead atoms. The molecule has 3 saturated carbocycles. The molecular formula is C64H114ClFN6O. The fourth-order valence-corrected chi connectivity index (χ4v) is 9.85. The van der Waals surface area contributed by atoms with Crippen LogP contribution in [0.15, 0.2) is 66.7 Å². The molecule has 420 valence electrons. The summed E-state index contributed by atoms with van der Waals surface area (Å²) < 4.78 is 18.4. The lowest BCUT2D eigenvalue weighted by Crippen LogP contribution is -2.40. The average Bonchev–Trinajstić information content (AvgIpc) is 4.17. The van der Waals surface area contributed by atoms with Gasteiger partial charge in [0.1, 0.15) is 11.6 Å². The van der Waals surface area contributed by atoms with Gasteiger partial charge in [-0.05, 0) is 171 Å². The van der Waals surface area contributed by atoms with Crippen LogP contribution in [-0.4, -0.2) is 32.3 Å². The van der Waals surface area contributed by atoms with E-state index in [1.807, 2.05) is 31.2 Å². The Kier molecular flexibility index (Phi) is 34.9. The number of unbranched alkanes of at least 4 members (excludes halogenated alkanes) is 13. The van der Waals surface area contributed by atoms with Crippen LogP contribution in [0.5, 0.6) is 5.75 Å². The molecule has 3 aromatic carbocycles. The van der Waals surface area contributed by atoms with Gasteiger partial charge in [-0.1, -0.05) is 194 Å². The Bertz CT molecular complexity index is 1820. The zero-order valence-electron chi connectivity index (χ0n) is 48.9. The number of halogens is 2. The molecule has 3 unspecified atom stereocenters. The van der Waals surface area contributed by atoms with Gasteiger partial charge in [-0.15, -0.1) is 0 Å². The Hall–Kier alpha value is -2.56. The summed E-state index contributed by atoms with van der Waals surface area (Å²) in [6, 6.07) is 21.0. The van der Waals surface area contributed by atoms with E-state index in [2.05, 4.69) is 87.4 Å². The fraction of sp³-hybridized carbons (Fsp3) is 0.719. The summed E-state index contributed by atoms with van der Waals surface area (Å²) in [5.41, 5.74) is 39.3. The van der Waals surface area contributed by atoms with Gasteiger partial charge < -0.3 is 39.1 Å². The van der Waals surface area contributed by atoms with E-state index in [0.717, 1.165) is 85.7 Å². The van der Waals surface area contributed by atoms with Crippen molar-refractivity contribution in [2.24, 2.45) is 57.1 Å². The topological polar surface area (TPSA) is 165 Å². The largest absolute Gasteiger partial charge is 0.493 e. The third kappa shape index (κ3) is 26.4. The van der Waals surface area contributed by atoms with E-state index in [0.29, 0.717) is 23.4 Å². The predicted molar refractivity (Wildman–Crippen MR) is 319 cm³/mol. The summed E-state index contributed by atoms with van der Waals surface area (Å²) in [6.07, 6.45) is 29.5. The standard InChI is InChI=1S/C20H35NO.C15H33N.C10H19N.C8H10FN.C7H8ClN.C4H9N/c1-7-19(3,4)16-11-12-18(22-14-10-9-13-21)17(15-16)20(5,6)8-2;1-2-3-4-5-6-7-8-9-10-11-12-13-14-15-16;1-9(2)7-4-5-10(9,3)8(11)6-7;1-6(10)7-2-4-8(9)5-3-7;8-7-3-1-2-6(4-7)5-9;5-3-4-1-2-4/h11-12,15H,7-10,13-14,21H2,1-6H3;2-16H2,1H3;7-8H,4-6,11H2,1-3H3;2-6H,10H2,1H3;1-4H,5,9H2;4H,1-3,5H2/t;;7?,8?,10-;;;/m..0.../s1. The molecule has 0 saturated heterocycles. The van der Waals surface area contributed by atoms with Crippen molar-refractivity contribution in [2.45, 2.75) is 247 Å². The Labute approximate surface area is 454 Å². The molecule has 0 aliphatic heterocycles. The molecule has 73 heavy (non-hydrogen) atoms. The molecule has 0 spiro atoms. The minimum atomic E-state index is -0.218. The number of rotatable bonds is 25. The smallest absolute Gasteiger partial charge is 0.123 e. The van der Waals surface area contributed by atoms with Crippen molar-refractivity contribution in [1.29, 1.82) is 0 Å². The first kappa shape index (κ1) is 68.5. The number of ether oxygens (including phenoxy) is 1. The zero-order valence-corrected chi connectivity index (χ0v) is 49.6. The fourth-order valence-electron chi connectivity index (χ4n) is 9.64. The van der Waals surface area contributed by atoms with Gasteiger partial charge in [0.15, 0.2) is 0 Å². The van der Waals surface area contributed by atoms with Gasteiger partial charge in [-0.2, -0.15) is 0 Å². The second kappa shape index (κ2) is 37.3. The van der Waals surface area contributed by atoms with Gasteiger partial charge in [0, 0.05) is 29.2 Å². The van der Waals surface area contributed by atoms with Crippen LogP contribution in [0.1, 0.15) is 246 Å². The lowest BCUT2D eigenvalue weighted by Gasteiger charge is -2.37. The van der Waals surface area contributed by atoms with Crippen molar-refractivity contribution in [2.75, 3.05) is 26.2 Å². The van der Waals surface area contributed by atoms with Crippen LogP contribution in [0, 0.1) is 28.5 Å². The first-order valence-electron chi connectivity index (χ1n) is 29.2. The molecule has 0 amide bonds. The third-order valence-electron chi connectivity index (χ3n) is 16.8. The van der Waals surface area contributed by atoms with Gasteiger partial charge in [0.25, 0.3) is 0 Å². The van der Waals surface area contributed by atoms with Crippen molar-refractivity contribution >= 4 is 11.6 Å². The molecule has 3 aromatic rings. The highest BCUT2D eigenvalue weighted by molar-refractivity contribution is 6.30. The van der Waals surface area contributed by atoms with E-state index in [4.69, 9.17) is 50.7 Å². The summed E-state index contributed by atoms with van der Waals surface area (Å²) in [6.45, 7) is 28.9. The average molecular weight is 1040 g/mol. The highest BCUT2D eigenvalue weighted by Crippen LogP contribution is 2.64. The van der Waals surface area contributed by atoms with Crippen LogP contribution in [0.2, 0.25) is 5.02 Å². The predicted octanol–water partition coefficient (Wildman–Crippen LogP) is 16.4. The molecule has 3 fully saturated rings. The summed E-state index contributed by atoms with van der Waals surface area (Å²) in [5, 5.41) is 0.748. The summed E-state index contributed by atoms with van der Waals surface area (Å²) in [5.74, 6) is 2.64. The van der Waals surface area contributed by atoms with E-state index in [-0.39, 0.29) is 22.7 Å². The first-order valence-corrected chi connectivity index (χ1v) is 29.6. The Morgan fingerprint density at radius 2 is 1.22 bits per heavy atom. The van der Waals surface area contributed by atoms with E-state index in [9.17, 15) is 4.39 Å². The summed E-state index contributed by atoms with van der Waals surface area (Å²) in [4.78, 5) is 0. The number of hydrogen-bond donors (Lipinski definition) is 6. The van der Waals surface area contributed by atoms with Crippen LogP contribution >= 0.6 is 11.6 Å². The Morgan fingerprint density at radius 1 is 0.685 bits per heavy atom. The monoisotopic (exact) mass is 1040 g/mol. The lowest BCUT2D eigenvalue weighted by molar-refractivity contribution is 0.136.